The van der Waals surface area contributed by atoms with E-state index in [0.29, 0.717) is 16.8 Å². The molecule has 0 saturated carbocycles. The first kappa shape index (κ1) is 12.6. The molecule has 1 aliphatic rings. The van der Waals surface area contributed by atoms with Crippen LogP contribution in [0.1, 0.15) is 39.9 Å². The molecule has 1 fully saturated rings. The van der Waals surface area contributed by atoms with Crippen LogP contribution in [0.4, 0.5) is 0 Å². The van der Waals surface area contributed by atoms with Gasteiger partial charge in [-0.25, -0.2) is 0 Å². The Morgan fingerprint density at radius 3 is 2.88 bits per heavy atom. The zero-order valence-electron chi connectivity index (χ0n) is 10.1. The summed E-state index contributed by atoms with van der Waals surface area (Å²) < 4.78 is 5.78. The summed E-state index contributed by atoms with van der Waals surface area (Å²) in [5.41, 5.74) is 1.47. The van der Waals surface area contributed by atoms with E-state index in [1.807, 2.05) is 11.3 Å². The number of halogens is 1. The number of aryl methyl sites for hydroxylation is 2. The average Bonchev–Trinajstić information content (AvgIpc) is 2.83. The summed E-state index contributed by atoms with van der Waals surface area (Å²) in [4.78, 5) is 3.31. The van der Waals surface area contributed by atoms with E-state index in [0.717, 1.165) is 13.0 Å². The number of thiophene rings is 1. The monoisotopic (exact) mass is 302 g/mol. The van der Waals surface area contributed by atoms with E-state index >= 15 is 0 Å². The van der Waals surface area contributed by atoms with Crippen molar-refractivity contribution in [3.63, 3.8) is 0 Å². The second kappa shape index (κ2) is 5.19. The molecule has 3 unspecified atom stereocenters. The minimum absolute atomic E-state index is 0.434. The van der Waals surface area contributed by atoms with Crippen LogP contribution in [-0.4, -0.2) is 12.7 Å². The molecule has 3 heteroatoms. The van der Waals surface area contributed by atoms with Crippen LogP contribution >= 0.6 is 27.3 Å². The smallest absolute Gasteiger partial charge is 0.0615 e. The lowest BCUT2D eigenvalue weighted by molar-refractivity contribution is 0.0873. The normalized spacial score (nSPS) is 27.2. The number of hydrogen-bond acceptors (Lipinski definition) is 2. The van der Waals surface area contributed by atoms with Gasteiger partial charge in [0.1, 0.15) is 0 Å². The van der Waals surface area contributed by atoms with Crippen molar-refractivity contribution in [3.05, 3.63) is 21.4 Å². The summed E-state index contributed by atoms with van der Waals surface area (Å²) in [6, 6.07) is 2.32. The summed E-state index contributed by atoms with van der Waals surface area (Å²) in [6.45, 7) is 7.54. The average molecular weight is 303 g/mol. The van der Waals surface area contributed by atoms with Gasteiger partial charge in [-0.1, -0.05) is 22.9 Å². The molecule has 1 aliphatic heterocycles. The summed E-state index contributed by atoms with van der Waals surface area (Å²) in [5.74, 6) is 0.637. The van der Waals surface area contributed by atoms with E-state index in [-0.39, 0.29) is 0 Å². The standard InChI is InChI=1S/C13H19BrOS/c1-4-12-10(5-6-15-12)13(14)11-7-8(2)16-9(11)3/h7,10,12-13H,4-6H2,1-3H3. The Bertz CT molecular complexity index is 361. The molecule has 0 aliphatic carbocycles. The van der Waals surface area contributed by atoms with E-state index in [1.54, 1.807) is 0 Å². The third kappa shape index (κ3) is 2.36. The second-order valence-corrected chi connectivity index (χ2v) is 6.99. The van der Waals surface area contributed by atoms with Gasteiger partial charge in [0.25, 0.3) is 0 Å². The van der Waals surface area contributed by atoms with Gasteiger partial charge in [-0.2, -0.15) is 0 Å². The third-order valence-electron chi connectivity index (χ3n) is 3.42. The van der Waals surface area contributed by atoms with Crippen molar-refractivity contribution < 1.29 is 4.74 Å². The molecule has 0 bridgehead atoms. The molecule has 0 amide bonds. The van der Waals surface area contributed by atoms with Crippen molar-refractivity contribution in [1.29, 1.82) is 0 Å². The van der Waals surface area contributed by atoms with Crippen molar-refractivity contribution in [2.45, 2.75) is 44.5 Å². The van der Waals surface area contributed by atoms with Crippen LogP contribution in [0.5, 0.6) is 0 Å². The summed E-state index contributed by atoms with van der Waals surface area (Å²) in [7, 11) is 0. The lowest BCUT2D eigenvalue weighted by Gasteiger charge is -2.22. The number of rotatable bonds is 3. The second-order valence-electron chi connectivity index (χ2n) is 4.54. The lowest BCUT2D eigenvalue weighted by atomic mass is 9.92. The van der Waals surface area contributed by atoms with Crippen LogP contribution in [0.2, 0.25) is 0 Å². The quantitative estimate of drug-likeness (QED) is 0.741. The first-order valence-electron chi connectivity index (χ1n) is 5.96. The van der Waals surface area contributed by atoms with Crippen LogP contribution in [-0.2, 0) is 4.74 Å². The fourth-order valence-electron chi connectivity index (χ4n) is 2.58. The van der Waals surface area contributed by atoms with Crippen molar-refractivity contribution in [1.82, 2.24) is 0 Å². The van der Waals surface area contributed by atoms with Crippen molar-refractivity contribution >= 4 is 27.3 Å². The highest BCUT2D eigenvalue weighted by Crippen LogP contribution is 2.43. The highest BCUT2D eigenvalue weighted by atomic mass is 79.9. The molecular formula is C13H19BrOS. The molecule has 16 heavy (non-hydrogen) atoms. The predicted molar refractivity (Wildman–Crippen MR) is 73.6 cm³/mol. The van der Waals surface area contributed by atoms with Gasteiger partial charge < -0.3 is 4.74 Å². The van der Waals surface area contributed by atoms with Crippen LogP contribution in [0, 0.1) is 19.8 Å². The zero-order chi connectivity index (χ0) is 11.7. The largest absolute Gasteiger partial charge is 0.378 e. The molecule has 90 valence electrons. The van der Waals surface area contributed by atoms with Gasteiger partial charge in [-0.3, -0.25) is 0 Å². The molecule has 3 atom stereocenters. The van der Waals surface area contributed by atoms with Gasteiger partial charge in [0.05, 0.1) is 6.10 Å². The Labute approximate surface area is 110 Å². The fraction of sp³-hybridized carbons (Fsp3) is 0.692. The predicted octanol–water partition coefficient (Wildman–Crippen LogP) is 4.62. The van der Waals surface area contributed by atoms with Crippen molar-refractivity contribution in [2.75, 3.05) is 6.61 Å². The third-order valence-corrected chi connectivity index (χ3v) is 5.57. The number of alkyl halides is 1. The SMILES string of the molecule is CCC1OCCC1C(Br)c1cc(C)sc1C. The van der Waals surface area contributed by atoms with Crippen molar-refractivity contribution in [2.24, 2.45) is 5.92 Å². The van der Waals surface area contributed by atoms with Crippen LogP contribution < -0.4 is 0 Å². The molecule has 0 N–H and O–H groups in total. The van der Waals surface area contributed by atoms with E-state index in [4.69, 9.17) is 4.74 Å². The Morgan fingerprint density at radius 2 is 2.31 bits per heavy atom. The van der Waals surface area contributed by atoms with Gasteiger partial charge in [-0.05, 0) is 38.3 Å². The summed E-state index contributed by atoms with van der Waals surface area (Å²) >= 11 is 5.78. The molecule has 2 rings (SSSR count). The van der Waals surface area contributed by atoms with Crippen LogP contribution in [0.15, 0.2) is 6.07 Å². The molecule has 1 nitrogen and oxygen atoms in total. The minimum atomic E-state index is 0.434. The lowest BCUT2D eigenvalue weighted by Crippen LogP contribution is -2.19. The first-order valence-corrected chi connectivity index (χ1v) is 7.69. The Morgan fingerprint density at radius 1 is 1.56 bits per heavy atom. The Balaban J connectivity index is 2.18. The Hall–Kier alpha value is 0.140. The van der Waals surface area contributed by atoms with Gasteiger partial charge in [0, 0.05) is 27.1 Å². The van der Waals surface area contributed by atoms with E-state index in [9.17, 15) is 0 Å². The molecule has 0 spiro atoms. The minimum Gasteiger partial charge on any atom is -0.378 e. The van der Waals surface area contributed by atoms with E-state index < -0.39 is 0 Å². The maximum Gasteiger partial charge on any atom is 0.0615 e. The highest BCUT2D eigenvalue weighted by molar-refractivity contribution is 9.09. The molecule has 1 aromatic rings. The molecule has 0 aromatic carbocycles. The molecule has 1 aromatic heterocycles. The van der Waals surface area contributed by atoms with Crippen molar-refractivity contribution in [3.8, 4) is 0 Å². The molecule has 0 radical (unpaired) electrons. The summed E-state index contributed by atoms with van der Waals surface area (Å²) in [6.07, 6.45) is 2.74. The fourth-order valence-corrected chi connectivity index (χ4v) is 4.78. The number of hydrogen-bond donors (Lipinski definition) is 0. The van der Waals surface area contributed by atoms with Gasteiger partial charge in [-0.15, -0.1) is 11.3 Å². The topological polar surface area (TPSA) is 9.23 Å². The molecule has 2 heterocycles. The maximum atomic E-state index is 5.78. The molecular weight excluding hydrogens is 284 g/mol. The maximum absolute atomic E-state index is 5.78. The van der Waals surface area contributed by atoms with E-state index in [2.05, 4.69) is 42.8 Å². The summed E-state index contributed by atoms with van der Waals surface area (Å²) in [5, 5.41) is 0. The highest BCUT2D eigenvalue weighted by Gasteiger charge is 2.34. The van der Waals surface area contributed by atoms with E-state index in [1.165, 1.54) is 21.7 Å². The molecule has 1 saturated heterocycles. The zero-order valence-corrected chi connectivity index (χ0v) is 12.5. The van der Waals surface area contributed by atoms with Gasteiger partial charge in [0.15, 0.2) is 0 Å². The first-order chi connectivity index (χ1) is 7.63. The number of ether oxygens (including phenoxy) is 1. The van der Waals surface area contributed by atoms with Gasteiger partial charge >= 0.3 is 0 Å². The Kier molecular flexibility index (Phi) is 4.09. The van der Waals surface area contributed by atoms with Crippen LogP contribution in [0.25, 0.3) is 0 Å². The van der Waals surface area contributed by atoms with Crippen LogP contribution in [0.3, 0.4) is 0 Å². The van der Waals surface area contributed by atoms with Gasteiger partial charge in [0.2, 0.25) is 0 Å².